The van der Waals surface area contributed by atoms with E-state index in [1.807, 2.05) is 31.2 Å². The van der Waals surface area contributed by atoms with Crippen LogP contribution in [0.25, 0.3) is 16.6 Å². The van der Waals surface area contributed by atoms with Crippen LogP contribution < -0.4 is 5.56 Å². The van der Waals surface area contributed by atoms with Gasteiger partial charge in [-0.1, -0.05) is 41.6 Å². The molecule has 0 amide bonds. The van der Waals surface area contributed by atoms with Gasteiger partial charge in [-0.3, -0.25) is 14.3 Å². The number of aromatic nitrogens is 2. The number of hydrogen-bond acceptors (Lipinski definition) is 5. The molecule has 0 saturated carbocycles. The average molecular weight is 416 g/mol. The quantitative estimate of drug-likeness (QED) is 0.469. The molecular formula is C21H22ClN3O2S. The Hall–Kier alpha value is -1.86. The zero-order valence-electron chi connectivity index (χ0n) is 15.7. The summed E-state index contributed by atoms with van der Waals surface area (Å²) in [5, 5.41) is 1.85. The van der Waals surface area contributed by atoms with Crippen molar-refractivity contribution in [2.45, 2.75) is 12.1 Å². The van der Waals surface area contributed by atoms with E-state index in [0.717, 1.165) is 49.9 Å². The van der Waals surface area contributed by atoms with Gasteiger partial charge in [-0.2, -0.15) is 0 Å². The summed E-state index contributed by atoms with van der Waals surface area (Å²) >= 11 is 7.74. The monoisotopic (exact) mass is 415 g/mol. The Balaban J connectivity index is 1.73. The van der Waals surface area contributed by atoms with Gasteiger partial charge in [-0.05, 0) is 36.8 Å². The zero-order valence-corrected chi connectivity index (χ0v) is 17.3. The lowest BCUT2D eigenvalue weighted by Crippen LogP contribution is -2.37. The van der Waals surface area contributed by atoms with Gasteiger partial charge in [0.05, 0.1) is 29.8 Å². The number of benzene rings is 2. The number of hydrogen-bond donors (Lipinski definition) is 0. The predicted octanol–water partition coefficient (Wildman–Crippen LogP) is 3.77. The third-order valence-electron chi connectivity index (χ3n) is 4.90. The first-order valence-electron chi connectivity index (χ1n) is 9.35. The topological polar surface area (TPSA) is 47.4 Å². The molecule has 2 heterocycles. The summed E-state index contributed by atoms with van der Waals surface area (Å²) < 4.78 is 7.14. The van der Waals surface area contributed by atoms with E-state index in [-0.39, 0.29) is 5.56 Å². The molecule has 1 fully saturated rings. The number of fused-ring (bicyclic) bond motifs is 1. The fourth-order valence-electron chi connectivity index (χ4n) is 3.35. The van der Waals surface area contributed by atoms with Crippen LogP contribution in [0, 0.1) is 6.92 Å². The van der Waals surface area contributed by atoms with Crippen LogP contribution in [0.5, 0.6) is 0 Å². The lowest BCUT2D eigenvalue weighted by Gasteiger charge is -2.26. The molecule has 0 unspecified atom stereocenters. The van der Waals surface area contributed by atoms with Gasteiger partial charge in [0.25, 0.3) is 5.56 Å². The average Bonchev–Trinajstić information content (AvgIpc) is 2.70. The summed E-state index contributed by atoms with van der Waals surface area (Å²) in [6.45, 7) is 6.41. The minimum Gasteiger partial charge on any atom is -0.379 e. The van der Waals surface area contributed by atoms with Gasteiger partial charge in [0.2, 0.25) is 0 Å². The van der Waals surface area contributed by atoms with E-state index >= 15 is 0 Å². The van der Waals surface area contributed by atoms with Gasteiger partial charge in [0.15, 0.2) is 5.16 Å². The summed E-state index contributed by atoms with van der Waals surface area (Å²) in [5.74, 6) is 0.852. The number of rotatable bonds is 5. The standard InChI is InChI=1S/C21H22ClN3O2S/c1-15-4-2-3-5-19(15)25-20(26)17-7-6-16(22)14-18(17)23-21(25)28-13-10-24-8-11-27-12-9-24/h2-7,14H,8-13H2,1H3. The molecule has 0 radical (unpaired) electrons. The molecule has 2 aromatic carbocycles. The van der Waals surface area contributed by atoms with Gasteiger partial charge in [0.1, 0.15) is 0 Å². The van der Waals surface area contributed by atoms with E-state index in [9.17, 15) is 4.79 Å². The number of aryl methyl sites for hydroxylation is 1. The molecule has 1 saturated heterocycles. The number of thioether (sulfide) groups is 1. The Morgan fingerprint density at radius 1 is 1.18 bits per heavy atom. The van der Waals surface area contributed by atoms with Crippen molar-refractivity contribution < 1.29 is 4.74 Å². The van der Waals surface area contributed by atoms with Crippen molar-refractivity contribution in [1.82, 2.24) is 14.5 Å². The smallest absolute Gasteiger partial charge is 0.266 e. The predicted molar refractivity (Wildman–Crippen MR) is 115 cm³/mol. The van der Waals surface area contributed by atoms with E-state index in [1.165, 1.54) is 0 Å². The van der Waals surface area contributed by atoms with Gasteiger partial charge < -0.3 is 4.74 Å². The Labute approximate surface area is 173 Å². The summed E-state index contributed by atoms with van der Waals surface area (Å²) in [6.07, 6.45) is 0. The van der Waals surface area contributed by atoms with Gasteiger partial charge in [-0.15, -0.1) is 0 Å². The fourth-order valence-corrected chi connectivity index (χ4v) is 4.52. The number of nitrogens with zero attached hydrogens (tertiary/aromatic N) is 3. The minimum absolute atomic E-state index is 0.0650. The van der Waals surface area contributed by atoms with Crippen LogP contribution in [0.1, 0.15) is 5.56 Å². The third kappa shape index (κ3) is 4.10. The summed E-state index contributed by atoms with van der Waals surface area (Å²) in [7, 11) is 0. The molecule has 0 bridgehead atoms. The first kappa shape index (κ1) is 19.5. The SMILES string of the molecule is Cc1ccccc1-n1c(SCCN2CCOCC2)nc2cc(Cl)ccc2c1=O. The van der Waals surface area contributed by atoms with Crippen molar-refractivity contribution >= 4 is 34.3 Å². The lowest BCUT2D eigenvalue weighted by atomic mass is 10.2. The van der Waals surface area contributed by atoms with Crippen LogP contribution in [0.15, 0.2) is 52.4 Å². The summed E-state index contributed by atoms with van der Waals surface area (Å²) in [6, 6.07) is 13.1. The first-order valence-corrected chi connectivity index (χ1v) is 10.7. The highest BCUT2D eigenvalue weighted by Gasteiger charge is 2.16. The maximum Gasteiger partial charge on any atom is 0.266 e. The Kier molecular flexibility index (Phi) is 6.01. The third-order valence-corrected chi connectivity index (χ3v) is 6.05. The second kappa shape index (κ2) is 8.66. The van der Waals surface area contributed by atoms with Crippen molar-refractivity contribution in [3.8, 4) is 5.69 Å². The Morgan fingerprint density at radius 3 is 2.75 bits per heavy atom. The molecule has 4 rings (SSSR count). The van der Waals surface area contributed by atoms with E-state index in [0.29, 0.717) is 21.1 Å². The number of para-hydroxylation sites is 1. The fraction of sp³-hybridized carbons (Fsp3) is 0.333. The van der Waals surface area contributed by atoms with Crippen molar-refractivity contribution in [3.05, 3.63) is 63.4 Å². The zero-order chi connectivity index (χ0) is 19.5. The van der Waals surface area contributed by atoms with Gasteiger partial charge in [0, 0.05) is 30.4 Å². The van der Waals surface area contributed by atoms with Gasteiger partial charge >= 0.3 is 0 Å². The van der Waals surface area contributed by atoms with Crippen LogP contribution in [0.3, 0.4) is 0 Å². The van der Waals surface area contributed by atoms with Crippen molar-refractivity contribution in [3.63, 3.8) is 0 Å². The number of morpholine rings is 1. The van der Waals surface area contributed by atoms with Crippen LogP contribution in [-0.2, 0) is 4.74 Å². The van der Waals surface area contributed by atoms with Crippen molar-refractivity contribution in [1.29, 1.82) is 0 Å². The molecule has 28 heavy (non-hydrogen) atoms. The molecule has 3 aromatic rings. The second-order valence-electron chi connectivity index (χ2n) is 6.79. The van der Waals surface area contributed by atoms with Crippen molar-refractivity contribution in [2.75, 3.05) is 38.6 Å². The number of halogens is 1. The van der Waals surface area contributed by atoms with Crippen molar-refractivity contribution in [2.24, 2.45) is 0 Å². The lowest BCUT2D eigenvalue weighted by molar-refractivity contribution is 0.0410. The van der Waals surface area contributed by atoms with E-state index < -0.39 is 0 Å². The normalized spacial score (nSPS) is 15.2. The second-order valence-corrected chi connectivity index (χ2v) is 8.28. The van der Waals surface area contributed by atoms with Crippen LogP contribution in [-0.4, -0.2) is 53.1 Å². The van der Waals surface area contributed by atoms with Crippen LogP contribution >= 0.6 is 23.4 Å². The minimum atomic E-state index is -0.0650. The molecule has 1 aromatic heterocycles. The molecule has 7 heteroatoms. The van der Waals surface area contributed by atoms with E-state index in [1.54, 1.807) is 34.5 Å². The van der Waals surface area contributed by atoms with Crippen LogP contribution in [0.4, 0.5) is 0 Å². The molecule has 5 nitrogen and oxygen atoms in total. The molecule has 0 aliphatic carbocycles. The maximum absolute atomic E-state index is 13.3. The molecular weight excluding hydrogens is 394 g/mol. The molecule has 1 aliphatic heterocycles. The highest BCUT2D eigenvalue weighted by Crippen LogP contribution is 2.24. The molecule has 0 spiro atoms. The molecule has 0 atom stereocenters. The van der Waals surface area contributed by atoms with Crippen LogP contribution in [0.2, 0.25) is 5.02 Å². The Bertz CT molecular complexity index is 1050. The first-order chi connectivity index (χ1) is 13.6. The molecule has 0 N–H and O–H groups in total. The maximum atomic E-state index is 13.3. The summed E-state index contributed by atoms with van der Waals surface area (Å²) in [5.41, 5.74) is 2.47. The molecule has 146 valence electrons. The highest BCUT2D eigenvalue weighted by atomic mass is 35.5. The van der Waals surface area contributed by atoms with E-state index in [2.05, 4.69) is 4.90 Å². The van der Waals surface area contributed by atoms with E-state index in [4.69, 9.17) is 21.3 Å². The largest absolute Gasteiger partial charge is 0.379 e. The Morgan fingerprint density at radius 2 is 1.96 bits per heavy atom. The number of ether oxygens (including phenoxy) is 1. The molecule has 1 aliphatic rings. The summed E-state index contributed by atoms with van der Waals surface area (Å²) in [4.78, 5) is 20.5. The highest BCUT2D eigenvalue weighted by molar-refractivity contribution is 7.99. The van der Waals surface area contributed by atoms with Gasteiger partial charge in [-0.25, -0.2) is 4.98 Å².